The molecule has 0 aliphatic heterocycles. The van der Waals surface area contributed by atoms with Crippen LogP contribution in [0.2, 0.25) is 5.02 Å². The van der Waals surface area contributed by atoms with E-state index in [0.717, 1.165) is 5.39 Å². The van der Waals surface area contributed by atoms with Gasteiger partial charge in [-0.25, -0.2) is 4.98 Å². The van der Waals surface area contributed by atoms with Crippen LogP contribution in [0.3, 0.4) is 0 Å². The van der Waals surface area contributed by atoms with Crippen LogP contribution < -0.4 is 10.3 Å². The maximum Gasteiger partial charge on any atom is 0.291 e. The van der Waals surface area contributed by atoms with Crippen LogP contribution in [-0.2, 0) is 0 Å². The summed E-state index contributed by atoms with van der Waals surface area (Å²) in [6.07, 6.45) is 1.48. The molecule has 4 nitrogen and oxygen atoms in total. The van der Waals surface area contributed by atoms with Gasteiger partial charge in [0, 0.05) is 11.6 Å². The van der Waals surface area contributed by atoms with E-state index in [-0.39, 0.29) is 11.3 Å². The first-order valence-corrected chi connectivity index (χ1v) is 4.31. The van der Waals surface area contributed by atoms with Gasteiger partial charge in [0.25, 0.3) is 5.56 Å². The van der Waals surface area contributed by atoms with Crippen LogP contribution in [0.5, 0.6) is 5.75 Å². The minimum absolute atomic E-state index is 0.251. The number of pyridine rings is 2. The van der Waals surface area contributed by atoms with Gasteiger partial charge in [0.05, 0.1) is 12.1 Å². The van der Waals surface area contributed by atoms with Crippen LogP contribution in [0.15, 0.2) is 23.1 Å². The summed E-state index contributed by atoms with van der Waals surface area (Å²) in [6.45, 7) is 0. The van der Waals surface area contributed by atoms with Crippen molar-refractivity contribution in [2.24, 2.45) is 0 Å². The molecule has 0 amide bonds. The number of halogens is 1. The molecule has 0 saturated heterocycles. The first-order chi connectivity index (χ1) is 6.70. The molecular weight excluding hydrogens is 204 g/mol. The van der Waals surface area contributed by atoms with Gasteiger partial charge in [-0.2, -0.15) is 0 Å². The third-order valence-electron chi connectivity index (χ3n) is 1.85. The normalized spacial score (nSPS) is 10.4. The van der Waals surface area contributed by atoms with Gasteiger partial charge in [0.2, 0.25) is 0 Å². The number of ether oxygens (including phenoxy) is 1. The highest BCUT2D eigenvalue weighted by Gasteiger charge is 2.03. The Morgan fingerprint density at radius 3 is 3.00 bits per heavy atom. The van der Waals surface area contributed by atoms with E-state index in [0.29, 0.717) is 10.7 Å². The number of nitrogens with one attached hydrogen (secondary N) is 1. The molecule has 0 saturated carbocycles. The fourth-order valence-corrected chi connectivity index (χ4v) is 1.36. The Hall–Kier alpha value is -1.55. The van der Waals surface area contributed by atoms with E-state index in [4.69, 9.17) is 16.3 Å². The summed E-state index contributed by atoms with van der Waals surface area (Å²) in [6, 6.07) is 3.31. The van der Waals surface area contributed by atoms with Crippen LogP contribution in [0.1, 0.15) is 0 Å². The number of fused-ring (bicyclic) bond motifs is 1. The van der Waals surface area contributed by atoms with E-state index in [2.05, 4.69) is 9.97 Å². The Labute approximate surface area is 84.5 Å². The Bertz CT molecular complexity index is 536. The minimum Gasteiger partial charge on any atom is -0.491 e. The topological polar surface area (TPSA) is 55.0 Å². The molecule has 0 atom stereocenters. The predicted molar refractivity (Wildman–Crippen MR) is 53.9 cm³/mol. The minimum atomic E-state index is -0.296. The van der Waals surface area contributed by atoms with E-state index in [1.54, 1.807) is 12.1 Å². The fourth-order valence-electron chi connectivity index (χ4n) is 1.20. The quantitative estimate of drug-likeness (QED) is 0.778. The lowest BCUT2D eigenvalue weighted by molar-refractivity contribution is 0.409. The molecule has 2 aromatic rings. The van der Waals surface area contributed by atoms with Gasteiger partial charge in [-0.15, -0.1) is 0 Å². The van der Waals surface area contributed by atoms with Gasteiger partial charge in [0.1, 0.15) is 5.65 Å². The molecule has 2 heterocycles. The second-order valence-electron chi connectivity index (χ2n) is 2.76. The van der Waals surface area contributed by atoms with Gasteiger partial charge < -0.3 is 9.72 Å². The first kappa shape index (κ1) is 9.02. The smallest absolute Gasteiger partial charge is 0.291 e. The fraction of sp³-hybridized carbons (Fsp3) is 0.111. The summed E-state index contributed by atoms with van der Waals surface area (Å²) in [4.78, 5) is 17.9. The maximum absolute atomic E-state index is 11.3. The molecule has 72 valence electrons. The van der Waals surface area contributed by atoms with Gasteiger partial charge in [0.15, 0.2) is 5.75 Å². The number of hydrogen-bond donors (Lipinski definition) is 1. The van der Waals surface area contributed by atoms with Crippen LogP contribution in [0, 0.1) is 0 Å². The molecule has 14 heavy (non-hydrogen) atoms. The molecular formula is C9H7ClN2O2. The zero-order valence-corrected chi connectivity index (χ0v) is 8.13. The van der Waals surface area contributed by atoms with Gasteiger partial charge in [-0.1, -0.05) is 11.6 Å². The molecule has 1 N–H and O–H groups in total. The third-order valence-corrected chi connectivity index (χ3v) is 2.05. The number of hydrogen-bond acceptors (Lipinski definition) is 3. The third kappa shape index (κ3) is 1.44. The van der Waals surface area contributed by atoms with Crippen LogP contribution in [-0.4, -0.2) is 17.1 Å². The van der Waals surface area contributed by atoms with E-state index in [9.17, 15) is 4.79 Å². The SMILES string of the molecule is COc1cc2cc(Cl)cnc2[nH]c1=O. The summed E-state index contributed by atoms with van der Waals surface area (Å²) in [5.41, 5.74) is 0.204. The van der Waals surface area contributed by atoms with Crippen molar-refractivity contribution in [3.63, 3.8) is 0 Å². The van der Waals surface area contributed by atoms with Crippen molar-refractivity contribution < 1.29 is 4.74 Å². The van der Waals surface area contributed by atoms with Gasteiger partial charge in [-0.05, 0) is 12.1 Å². The molecule has 2 aromatic heterocycles. The van der Waals surface area contributed by atoms with Crippen molar-refractivity contribution in [3.8, 4) is 5.75 Å². The predicted octanol–water partition coefficient (Wildman–Crippen LogP) is 1.59. The lowest BCUT2D eigenvalue weighted by atomic mass is 10.3. The zero-order valence-electron chi connectivity index (χ0n) is 7.37. The number of aromatic amines is 1. The molecule has 0 aliphatic carbocycles. The number of rotatable bonds is 1. The molecule has 0 fully saturated rings. The summed E-state index contributed by atoms with van der Waals surface area (Å²) >= 11 is 5.76. The van der Waals surface area contributed by atoms with E-state index in [1.807, 2.05) is 0 Å². The summed E-state index contributed by atoms with van der Waals surface area (Å²) < 4.78 is 4.88. The van der Waals surface area contributed by atoms with E-state index in [1.165, 1.54) is 13.3 Å². The van der Waals surface area contributed by atoms with Crippen molar-refractivity contribution >= 4 is 22.6 Å². The Balaban J connectivity index is 2.80. The number of aromatic nitrogens is 2. The van der Waals surface area contributed by atoms with Crippen molar-refractivity contribution in [3.05, 3.63) is 33.7 Å². The van der Waals surface area contributed by atoms with Gasteiger partial charge in [-0.3, -0.25) is 4.79 Å². The molecule has 0 unspecified atom stereocenters. The number of methoxy groups -OCH3 is 1. The zero-order chi connectivity index (χ0) is 10.1. The highest BCUT2D eigenvalue weighted by molar-refractivity contribution is 6.31. The monoisotopic (exact) mass is 210 g/mol. The Kier molecular flexibility index (Phi) is 2.13. The second kappa shape index (κ2) is 3.31. The highest BCUT2D eigenvalue weighted by Crippen LogP contribution is 2.16. The largest absolute Gasteiger partial charge is 0.491 e. The summed E-state index contributed by atoms with van der Waals surface area (Å²) in [5, 5.41) is 1.26. The van der Waals surface area contributed by atoms with Crippen molar-refractivity contribution in [1.82, 2.24) is 9.97 Å². The second-order valence-corrected chi connectivity index (χ2v) is 3.19. The number of H-pyrrole nitrogens is 1. The number of nitrogens with zero attached hydrogens (tertiary/aromatic N) is 1. The van der Waals surface area contributed by atoms with Crippen LogP contribution in [0.4, 0.5) is 0 Å². The lowest BCUT2D eigenvalue weighted by Crippen LogP contribution is -2.09. The molecule has 2 rings (SSSR count). The Morgan fingerprint density at radius 2 is 2.29 bits per heavy atom. The highest BCUT2D eigenvalue weighted by atomic mass is 35.5. The first-order valence-electron chi connectivity index (χ1n) is 3.93. The van der Waals surface area contributed by atoms with Crippen molar-refractivity contribution in [1.29, 1.82) is 0 Å². The Morgan fingerprint density at radius 1 is 1.50 bits per heavy atom. The molecule has 0 bridgehead atoms. The summed E-state index contributed by atoms with van der Waals surface area (Å²) in [7, 11) is 1.44. The van der Waals surface area contributed by atoms with Gasteiger partial charge >= 0.3 is 0 Å². The molecule has 0 spiro atoms. The maximum atomic E-state index is 11.3. The van der Waals surface area contributed by atoms with Crippen LogP contribution in [0.25, 0.3) is 11.0 Å². The standard InChI is InChI=1S/C9H7ClN2O2/c1-14-7-3-5-2-6(10)4-11-8(5)12-9(7)13/h2-4H,1H3,(H,11,12,13). The van der Waals surface area contributed by atoms with E-state index < -0.39 is 0 Å². The molecule has 0 aromatic carbocycles. The van der Waals surface area contributed by atoms with Crippen molar-refractivity contribution in [2.75, 3.05) is 7.11 Å². The van der Waals surface area contributed by atoms with E-state index >= 15 is 0 Å². The summed E-state index contributed by atoms with van der Waals surface area (Å²) in [5.74, 6) is 0.251. The van der Waals surface area contributed by atoms with Crippen molar-refractivity contribution in [2.45, 2.75) is 0 Å². The lowest BCUT2D eigenvalue weighted by Gasteiger charge is -2.00. The average molecular weight is 211 g/mol. The molecule has 0 radical (unpaired) electrons. The average Bonchev–Trinajstić information content (AvgIpc) is 2.17. The molecule has 5 heteroatoms. The van der Waals surface area contributed by atoms with Crippen LogP contribution >= 0.6 is 11.6 Å². The molecule has 0 aliphatic rings.